The van der Waals surface area contributed by atoms with Crippen molar-refractivity contribution in [1.29, 1.82) is 0 Å². The van der Waals surface area contributed by atoms with E-state index in [1.165, 1.54) is 18.4 Å². The first kappa shape index (κ1) is 22.6. The van der Waals surface area contributed by atoms with Crippen LogP contribution in [0, 0.1) is 11.3 Å². The van der Waals surface area contributed by atoms with Crippen LogP contribution in [0.3, 0.4) is 0 Å². The number of carbonyl (C=O) groups is 2. The molecule has 7 heteroatoms. The van der Waals surface area contributed by atoms with Crippen LogP contribution in [-0.2, 0) is 17.6 Å². The molecule has 1 heterocycles. The number of methoxy groups -OCH3 is 1. The lowest BCUT2D eigenvalue weighted by atomic mass is 9.72. The number of hydrogen-bond acceptors (Lipinski definition) is 5. The zero-order valence-corrected chi connectivity index (χ0v) is 19.6. The van der Waals surface area contributed by atoms with Crippen molar-refractivity contribution in [2.45, 2.75) is 47.0 Å². The Balaban J connectivity index is 1.98. The van der Waals surface area contributed by atoms with Crippen molar-refractivity contribution in [3.05, 3.63) is 44.8 Å². The number of fused-ring (bicyclic) bond motifs is 1. The van der Waals surface area contributed by atoms with E-state index >= 15 is 0 Å². The molecule has 1 amide bonds. The molecule has 0 fully saturated rings. The Labute approximate surface area is 186 Å². The lowest BCUT2D eigenvalue weighted by Gasteiger charge is -2.33. The molecule has 0 aliphatic heterocycles. The highest BCUT2D eigenvalue weighted by atomic mass is 35.5. The van der Waals surface area contributed by atoms with Crippen molar-refractivity contribution in [3.63, 3.8) is 0 Å². The van der Waals surface area contributed by atoms with Gasteiger partial charge in [-0.2, -0.15) is 0 Å². The second kappa shape index (κ2) is 8.98. The Kier molecular flexibility index (Phi) is 6.78. The first-order chi connectivity index (χ1) is 14.2. The third kappa shape index (κ3) is 4.65. The Morgan fingerprint density at radius 2 is 2.03 bits per heavy atom. The van der Waals surface area contributed by atoms with E-state index < -0.39 is 5.97 Å². The Bertz CT molecular complexity index is 961. The van der Waals surface area contributed by atoms with Gasteiger partial charge in [-0.25, -0.2) is 4.79 Å². The number of halogens is 1. The van der Waals surface area contributed by atoms with Gasteiger partial charge in [0.25, 0.3) is 5.91 Å². The van der Waals surface area contributed by atoms with Gasteiger partial charge in [0.1, 0.15) is 10.8 Å². The van der Waals surface area contributed by atoms with E-state index in [9.17, 15) is 9.59 Å². The summed E-state index contributed by atoms with van der Waals surface area (Å²) in [5.74, 6) is 0.183. The number of ether oxygens (including phenoxy) is 2. The molecule has 1 aromatic heterocycles. The minimum Gasteiger partial charge on any atom is -0.496 e. The first-order valence-corrected chi connectivity index (χ1v) is 11.3. The van der Waals surface area contributed by atoms with Crippen molar-refractivity contribution in [3.8, 4) is 5.75 Å². The number of nitrogens with one attached hydrogen (secondary N) is 1. The van der Waals surface area contributed by atoms with E-state index in [4.69, 9.17) is 21.1 Å². The largest absolute Gasteiger partial charge is 0.496 e. The summed E-state index contributed by atoms with van der Waals surface area (Å²) < 4.78 is 10.6. The molecule has 2 aromatic rings. The fraction of sp³-hybridized carbons (Fsp3) is 0.478. The van der Waals surface area contributed by atoms with Gasteiger partial charge in [0.2, 0.25) is 0 Å². The summed E-state index contributed by atoms with van der Waals surface area (Å²) in [6.45, 7) is 8.80. The Morgan fingerprint density at radius 3 is 2.67 bits per heavy atom. The summed E-state index contributed by atoms with van der Waals surface area (Å²) in [7, 11) is 1.50. The molecule has 0 bridgehead atoms. The van der Waals surface area contributed by atoms with E-state index in [1.54, 1.807) is 25.1 Å². The predicted molar refractivity (Wildman–Crippen MR) is 121 cm³/mol. The van der Waals surface area contributed by atoms with E-state index in [1.807, 2.05) is 0 Å². The molecule has 1 aliphatic rings. The van der Waals surface area contributed by atoms with Crippen LogP contribution in [0.15, 0.2) is 18.2 Å². The van der Waals surface area contributed by atoms with Gasteiger partial charge >= 0.3 is 5.97 Å². The number of rotatable bonds is 5. The highest BCUT2D eigenvalue weighted by molar-refractivity contribution is 7.17. The molecule has 1 aromatic carbocycles. The van der Waals surface area contributed by atoms with Gasteiger partial charge in [-0.15, -0.1) is 11.3 Å². The van der Waals surface area contributed by atoms with Crippen LogP contribution in [0.4, 0.5) is 5.00 Å². The molecule has 0 spiro atoms. The molecule has 1 unspecified atom stereocenters. The van der Waals surface area contributed by atoms with Crippen molar-refractivity contribution in [2.24, 2.45) is 11.3 Å². The van der Waals surface area contributed by atoms with Crippen LogP contribution in [0.5, 0.6) is 5.75 Å². The minimum atomic E-state index is -0.391. The molecule has 1 N–H and O–H groups in total. The van der Waals surface area contributed by atoms with Crippen LogP contribution >= 0.6 is 22.9 Å². The molecule has 0 saturated heterocycles. The summed E-state index contributed by atoms with van der Waals surface area (Å²) >= 11 is 7.55. The van der Waals surface area contributed by atoms with Crippen molar-refractivity contribution >= 4 is 39.8 Å². The molecular weight excluding hydrogens is 422 g/mol. The minimum absolute atomic E-state index is 0.184. The standard InChI is InChI=1S/C23H28ClNO4S/c1-6-29-22(27)19-15-9-7-13(23(2,3)4)11-18(15)30-21(19)25-20(26)16-12-14(24)8-10-17(16)28-5/h8,10,12-13H,6-7,9,11H2,1-5H3,(H,25,26). The van der Waals surface area contributed by atoms with Crippen molar-refractivity contribution < 1.29 is 19.1 Å². The third-order valence-electron chi connectivity index (χ3n) is 5.60. The molecule has 162 valence electrons. The SMILES string of the molecule is CCOC(=O)c1c(NC(=O)c2cc(Cl)ccc2OC)sc2c1CCC(C(C)(C)C)C2. The quantitative estimate of drug-likeness (QED) is 0.569. The van der Waals surface area contributed by atoms with Gasteiger partial charge < -0.3 is 14.8 Å². The van der Waals surface area contributed by atoms with Crippen molar-refractivity contribution in [1.82, 2.24) is 0 Å². The summed E-state index contributed by atoms with van der Waals surface area (Å²) in [6, 6.07) is 4.87. The second-order valence-electron chi connectivity index (χ2n) is 8.53. The second-order valence-corrected chi connectivity index (χ2v) is 10.1. The van der Waals surface area contributed by atoms with E-state index in [0.717, 1.165) is 29.7 Å². The van der Waals surface area contributed by atoms with Gasteiger partial charge in [-0.05, 0) is 61.3 Å². The zero-order chi connectivity index (χ0) is 22.1. The number of hydrogen-bond donors (Lipinski definition) is 1. The fourth-order valence-corrected chi connectivity index (χ4v) is 5.34. The zero-order valence-electron chi connectivity index (χ0n) is 18.1. The van der Waals surface area contributed by atoms with Gasteiger partial charge in [-0.3, -0.25) is 4.79 Å². The summed E-state index contributed by atoms with van der Waals surface area (Å²) in [6.07, 6.45) is 2.71. The lowest BCUT2D eigenvalue weighted by molar-refractivity contribution is 0.0526. The Hall–Kier alpha value is -2.05. The third-order valence-corrected chi connectivity index (χ3v) is 7.01. The summed E-state index contributed by atoms with van der Waals surface area (Å²) in [5, 5.41) is 3.88. The highest BCUT2D eigenvalue weighted by Crippen LogP contribution is 2.44. The maximum Gasteiger partial charge on any atom is 0.341 e. The molecule has 30 heavy (non-hydrogen) atoms. The molecule has 3 rings (SSSR count). The van der Waals surface area contributed by atoms with Crippen molar-refractivity contribution in [2.75, 3.05) is 19.0 Å². The first-order valence-electron chi connectivity index (χ1n) is 10.1. The molecular formula is C23H28ClNO4S. The van der Waals surface area contributed by atoms with E-state index in [2.05, 4.69) is 26.1 Å². The topological polar surface area (TPSA) is 64.6 Å². The number of esters is 1. The fourth-order valence-electron chi connectivity index (χ4n) is 3.86. The van der Waals surface area contributed by atoms with Gasteiger partial charge in [-0.1, -0.05) is 32.4 Å². The summed E-state index contributed by atoms with van der Waals surface area (Å²) in [5.41, 5.74) is 1.99. The number of amides is 1. The van der Waals surface area contributed by atoms with Crippen LogP contribution in [0.25, 0.3) is 0 Å². The highest BCUT2D eigenvalue weighted by Gasteiger charge is 2.34. The average Bonchev–Trinajstić information content (AvgIpc) is 3.04. The van der Waals surface area contributed by atoms with Crippen LogP contribution < -0.4 is 10.1 Å². The number of benzene rings is 1. The van der Waals surface area contributed by atoms with Gasteiger partial charge in [0.05, 0.1) is 24.8 Å². The maximum atomic E-state index is 13.0. The maximum absolute atomic E-state index is 13.0. The molecule has 0 radical (unpaired) electrons. The Morgan fingerprint density at radius 1 is 1.30 bits per heavy atom. The lowest BCUT2D eigenvalue weighted by Crippen LogP contribution is -2.26. The summed E-state index contributed by atoms with van der Waals surface area (Å²) in [4.78, 5) is 26.9. The molecule has 0 saturated carbocycles. The number of anilines is 1. The van der Waals surface area contributed by atoms with E-state index in [-0.39, 0.29) is 17.9 Å². The van der Waals surface area contributed by atoms with Crippen LogP contribution in [0.1, 0.15) is 65.3 Å². The monoisotopic (exact) mass is 449 g/mol. The molecule has 1 aliphatic carbocycles. The van der Waals surface area contributed by atoms with Gasteiger partial charge in [0, 0.05) is 9.90 Å². The molecule has 5 nitrogen and oxygen atoms in total. The average molecular weight is 450 g/mol. The normalized spacial score (nSPS) is 16.0. The van der Waals surface area contributed by atoms with Crippen LogP contribution in [-0.4, -0.2) is 25.6 Å². The smallest absolute Gasteiger partial charge is 0.341 e. The van der Waals surface area contributed by atoms with Gasteiger partial charge in [0.15, 0.2) is 0 Å². The van der Waals surface area contributed by atoms with E-state index in [0.29, 0.717) is 32.8 Å². The van der Waals surface area contributed by atoms with Crippen LogP contribution in [0.2, 0.25) is 5.02 Å². The molecule has 1 atom stereocenters. The predicted octanol–water partition coefficient (Wildman–Crippen LogP) is 5.99. The number of thiophene rings is 1. The number of carbonyl (C=O) groups excluding carboxylic acids is 2.